The van der Waals surface area contributed by atoms with Crippen molar-refractivity contribution in [2.45, 2.75) is 179 Å². The van der Waals surface area contributed by atoms with Crippen LogP contribution in [0.3, 0.4) is 0 Å². The first-order valence-corrected chi connectivity index (χ1v) is 33.6. The first-order valence-electron chi connectivity index (χ1n) is 33.6. The van der Waals surface area contributed by atoms with Gasteiger partial charge in [0.25, 0.3) is 0 Å². The van der Waals surface area contributed by atoms with E-state index in [0.717, 1.165) is 16.0 Å². The molecule has 24 N–H and O–H groups in total. The number of nitrogens with two attached hydrogens (primary N) is 2. The monoisotopic (exact) mass is 1480 g/mol. The van der Waals surface area contributed by atoms with Gasteiger partial charge in [0.2, 0.25) is 41.7 Å². The number of nitrogens with zero attached hydrogens (tertiary/aromatic N) is 3. The molecule has 0 aromatic heterocycles. The van der Waals surface area contributed by atoms with E-state index in [1.54, 1.807) is 61.5 Å². The number of hydrogen-bond acceptors (Lipinski definition) is 32. The lowest BCUT2D eigenvalue weighted by Gasteiger charge is -2.46. The van der Waals surface area contributed by atoms with Gasteiger partial charge in [-0.3, -0.25) is 33.8 Å². The van der Waals surface area contributed by atoms with Crippen molar-refractivity contribution in [2.24, 2.45) is 21.5 Å². The van der Waals surface area contributed by atoms with E-state index in [2.05, 4.69) is 47.2 Å². The number of rotatable bonds is 22. The van der Waals surface area contributed by atoms with E-state index in [1.807, 2.05) is 30.3 Å². The molecule has 105 heavy (non-hydrogen) atoms. The van der Waals surface area contributed by atoms with Crippen LogP contribution < -0.4 is 58.2 Å². The molecule has 6 heterocycles. The number of aliphatic hydroxyl groups is 13. The molecule has 6 aliphatic heterocycles. The molecule has 4 saturated heterocycles. The minimum Gasteiger partial charge on any atom is -0.489 e. The molecule has 0 spiro atoms. The van der Waals surface area contributed by atoms with E-state index in [0.29, 0.717) is 17.9 Å². The van der Waals surface area contributed by atoms with E-state index in [1.165, 1.54) is 24.3 Å². The van der Waals surface area contributed by atoms with Crippen molar-refractivity contribution in [2.75, 3.05) is 39.5 Å². The molecule has 6 amide bonds. The normalized spacial score (nSPS) is 34.0. The Morgan fingerprint density at radius 1 is 0.562 bits per heavy atom. The SMILES string of the molecule is C[C@@H](c1ccccc1)[C@@H]1NC(=O)CNC(=O)[C@H](CO)NC(=O)[C@@H]([C@@H](O)[C@@H]2CN=C(N)N2[C@H]2O[C@H](O)[C@@H](O)[C@H](O)[C@@H]2O)NC(=O)[C@H]([C@@H](O)[C@@H]2CNC(N)=N2)NC(=O)[C@@H](Cc2ccc(O[C@H]3O[C@H](CO)[C@@H](OC4O[C@H](COCc5ccc(OCc6ccccc6)cc5)[C@@H](O)[C@H](O)[C@@H]4O)[C@H](O)[C@@H]3O)cc2)NC1=O. The average Bonchev–Trinajstić information content (AvgIpc) is 1.75. The smallest absolute Gasteiger partial charge is 0.246 e. The standard InChI is InChI=1S/C67H88N12O26/c1-29(33-10-6-3-7-11-33)43-59(95)73-36(20-30-12-18-35(19-13-30)101-64-55(92)51(88)56(40(25-81)102-64)104-65-54(91)49(86)48(85)41(103-65)28-99-26-32-14-16-34(17-15-32)100-27-31-8-4-2-5-9-31)58(94)77-44(46(83)37-21-71-66(68)75-37)61(97)78-45(60(96)74-38(24-80)57(93)70-23-42(82)76-43)47(84)39-22-72-67(69)79(39)62-52(89)50(87)53(90)63(98)105-62/h2-19,29,36-41,43-56,62-65,80-81,83-92,98H,20-28H2,1H3,(H2,69,72)(H,70,93)(H,73,95)(H,74,96)(H,76,82)(H,77,94)(H,78,97)(H3,68,71,75)/t29-,36+,37-,38-,39-,40+,41+,43-,44-,45+,46-,47-,48+,49-,50+,51+,52-,53-,54-,55-,56+,62-,63-,64-,65?/m0/s1. The molecule has 1 unspecified atom stereocenters. The number of benzene rings is 4. The summed E-state index contributed by atoms with van der Waals surface area (Å²) in [5, 5.41) is 161. The molecule has 38 heteroatoms. The van der Waals surface area contributed by atoms with Crippen molar-refractivity contribution in [1.82, 2.24) is 42.1 Å². The fraction of sp³-hybridized carbons (Fsp3) is 0.522. The van der Waals surface area contributed by atoms with Crippen LogP contribution in [0.5, 0.6) is 11.5 Å². The third-order valence-electron chi connectivity index (χ3n) is 18.7. The lowest BCUT2D eigenvalue weighted by molar-refractivity contribution is -0.353. The highest BCUT2D eigenvalue weighted by Crippen LogP contribution is 2.33. The summed E-state index contributed by atoms with van der Waals surface area (Å²) in [5.74, 6) is -8.50. The second-order valence-corrected chi connectivity index (χ2v) is 26.0. The van der Waals surface area contributed by atoms with Crippen LogP contribution >= 0.6 is 0 Å². The maximum atomic E-state index is 15.2. The van der Waals surface area contributed by atoms with Gasteiger partial charge >= 0.3 is 0 Å². The van der Waals surface area contributed by atoms with Crippen molar-refractivity contribution < 1.29 is 128 Å². The lowest BCUT2D eigenvalue weighted by atomic mass is 9.92. The Bertz CT molecular complexity index is 3650. The van der Waals surface area contributed by atoms with Crippen LogP contribution in [0.1, 0.15) is 35.1 Å². The molecule has 0 aliphatic carbocycles. The maximum absolute atomic E-state index is 15.2. The maximum Gasteiger partial charge on any atom is 0.246 e. The second kappa shape index (κ2) is 35.5. The van der Waals surface area contributed by atoms with Crippen molar-refractivity contribution in [3.05, 3.63) is 131 Å². The lowest BCUT2D eigenvalue weighted by Crippen LogP contribution is -2.70. The van der Waals surface area contributed by atoms with Crippen LogP contribution in [-0.2, 0) is 72.1 Å². The summed E-state index contributed by atoms with van der Waals surface area (Å²) in [4.78, 5) is 96.5. The highest BCUT2D eigenvalue weighted by atomic mass is 16.7. The van der Waals surface area contributed by atoms with Crippen molar-refractivity contribution >= 4 is 47.4 Å². The third-order valence-corrected chi connectivity index (χ3v) is 18.7. The topological polar surface area (TPSA) is 594 Å². The number of nitrogens with one attached hydrogen (secondary N) is 7. The number of hydrogen-bond donors (Lipinski definition) is 22. The Hall–Kier alpha value is -8.88. The molecule has 572 valence electrons. The Balaban J connectivity index is 0.871. The van der Waals surface area contributed by atoms with E-state index < -0.39 is 227 Å². The Labute approximate surface area is 598 Å². The number of carbonyl (C=O) groups excluding carboxylic acids is 6. The van der Waals surface area contributed by atoms with Crippen molar-refractivity contribution in [3.8, 4) is 11.5 Å². The van der Waals surface area contributed by atoms with Gasteiger partial charge in [-0.1, -0.05) is 91.9 Å². The number of carbonyl (C=O) groups is 6. The molecule has 6 aliphatic rings. The first kappa shape index (κ1) is 78.7. The van der Waals surface area contributed by atoms with Gasteiger partial charge < -0.3 is 153 Å². The van der Waals surface area contributed by atoms with Gasteiger partial charge in [0.05, 0.1) is 51.6 Å². The van der Waals surface area contributed by atoms with Crippen LogP contribution in [0.2, 0.25) is 0 Å². The summed E-state index contributed by atoms with van der Waals surface area (Å²) < 4.78 is 40.6. The fourth-order valence-corrected chi connectivity index (χ4v) is 12.7. The first-order chi connectivity index (χ1) is 50.2. The molecule has 0 radical (unpaired) electrons. The zero-order valence-electron chi connectivity index (χ0n) is 56.3. The highest BCUT2D eigenvalue weighted by Gasteiger charge is 2.54. The highest BCUT2D eigenvalue weighted by molar-refractivity contribution is 5.98. The van der Waals surface area contributed by atoms with Crippen LogP contribution in [0.15, 0.2) is 119 Å². The molecular formula is C67H88N12O26. The van der Waals surface area contributed by atoms with Crippen molar-refractivity contribution in [1.29, 1.82) is 0 Å². The molecule has 0 saturated carbocycles. The van der Waals surface area contributed by atoms with Gasteiger partial charge in [-0.25, -0.2) is 4.99 Å². The third kappa shape index (κ3) is 18.9. The Kier molecular flexibility index (Phi) is 26.6. The summed E-state index contributed by atoms with van der Waals surface area (Å²) in [6, 6.07) is 17.3. The number of guanidine groups is 2. The van der Waals surface area contributed by atoms with E-state index in [-0.39, 0.29) is 37.0 Å². The predicted molar refractivity (Wildman–Crippen MR) is 358 cm³/mol. The van der Waals surface area contributed by atoms with Crippen LogP contribution in [0.25, 0.3) is 0 Å². The molecular weight excluding hydrogens is 1390 g/mol. The minimum absolute atomic E-state index is 0.0276. The second-order valence-electron chi connectivity index (χ2n) is 26.0. The van der Waals surface area contributed by atoms with Gasteiger partial charge in [0, 0.05) is 18.9 Å². The summed E-state index contributed by atoms with van der Waals surface area (Å²) in [5.41, 5.74) is 14.5. The van der Waals surface area contributed by atoms with Crippen LogP contribution in [0.4, 0.5) is 0 Å². The largest absolute Gasteiger partial charge is 0.489 e. The number of ether oxygens (including phenoxy) is 7. The van der Waals surface area contributed by atoms with E-state index >= 15 is 9.59 Å². The van der Waals surface area contributed by atoms with Crippen LogP contribution in [0, 0.1) is 0 Å². The summed E-state index contributed by atoms with van der Waals surface area (Å²) in [6.07, 6.45) is -32.7. The summed E-state index contributed by atoms with van der Waals surface area (Å²) >= 11 is 0. The quantitative estimate of drug-likeness (QED) is 0.0347. The van der Waals surface area contributed by atoms with Crippen LogP contribution in [-0.4, -0.2) is 305 Å². The van der Waals surface area contributed by atoms with Gasteiger partial charge in [-0.05, 0) is 46.5 Å². The van der Waals surface area contributed by atoms with Gasteiger partial charge in [0.15, 0.2) is 30.7 Å². The average molecular weight is 1480 g/mol. The fourth-order valence-electron chi connectivity index (χ4n) is 12.7. The van der Waals surface area contributed by atoms with Gasteiger partial charge in [-0.15, -0.1) is 0 Å². The predicted octanol–water partition coefficient (Wildman–Crippen LogP) is -9.85. The molecule has 25 atom stereocenters. The molecule has 4 fully saturated rings. The van der Waals surface area contributed by atoms with E-state index in [9.17, 15) is 85.6 Å². The van der Waals surface area contributed by atoms with E-state index in [4.69, 9.17) is 44.6 Å². The number of amides is 6. The number of aliphatic hydroxyl groups excluding tert-OH is 13. The van der Waals surface area contributed by atoms with Gasteiger partial charge in [-0.2, -0.15) is 0 Å². The molecule has 0 bridgehead atoms. The van der Waals surface area contributed by atoms with Crippen molar-refractivity contribution in [3.63, 3.8) is 0 Å². The Morgan fingerprint density at radius 3 is 1.82 bits per heavy atom. The Morgan fingerprint density at radius 2 is 1.15 bits per heavy atom. The zero-order valence-corrected chi connectivity index (χ0v) is 56.3. The molecule has 38 nitrogen and oxygen atoms in total. The molecule has 4 aromatic rings. The zero-order chi connectivity index (χ0) is 75.5. The van der Waals surface area contributed by atoms with Gasteiger partial charge in [0.1, 0.15) is 128 Å². The summed E-state index contributed by atoms with van der Waals surface area (Å²) in [6.45, 7) is -2.17. The minimum atomic E-state index is -2.37. The summed E-state index contributed by atoms with van der Waals surface area (Å²) in [7, 11) is 0. The molecule has 10 rings (SSSR count). The number of aliphatic imine (C=N–C) groups is 2. The molecule has 4 aromatic carbocycles.